The van der Waals surface area contributed by atoms with Gasteiger partial charge in [-0.2, -0.15) is 12.6 Å². The van der Waals surface area contributed by atoms with E-state index in [9.17, 15) is 9.18 Å². The first-order chi connectivity index (χ1) is 7.69. The lowest BCUT2D eigenvalue weighted by Gasteiger charge is -2.01. The number of allylic oxidation sites excluding steroid dienone is 1. The molecule has 0 saturated heterocycles. The van der Waals surface area contributed by atoms with E-state index in [2.05, 4.69) is 17.4 Å². The van der Waals surface area contributed by atoms with Crippen molar-refractivity contribution in [2.75, 3.05) is 12.9 Å². The van der Waals surface area contributed by atoms with Crippen LogP contribution in [0.5, 0.6) is 0 Å². The lowest BCUT2D eigenvalue weighted by atomic mass is 10.1. The Balaban J connectivity index is 2.87. The standard InChI is InChI=1S/C12H13FO2S/c1-15-12(14)10-6-5-9(11(13)8-10)4-2-3-7-16/h2,4-6,8,16H,3,7H2,1H3. The normalized spacial score (nSPS) is 10.7. The second-order valence-corrected chi connectivity index (χ2v) is 3.59. The Morgan fingerprint density at radius 1 is 1.56 bits per heavy atom. The Kier molecular flexibility index (Phi) is 5.05. The number of hydrogen-bond acceptors (Lipinski definition) is 3. The molecular weight excluding hydrogens is 227 g/mol. The zero-order valence-corrected chi connectivity index (χ0v) is 9.84. The summed E-state index contributed by atoms with van der Waals surface area (Å²) in [6, 6.07) is 4.26. The molecule has 0 radical (unpaired) electrons. The average molecular weight is 240 g/mol. The van der Waals surface area contributed by atoms with Crippen molar-refractivity contribution in [2.45, 2.75) is 6.42 Å². The molecule has 0 heterocycles. The van der Waals surface area contributed by atoms with Gasteiger partial charge >= 0.3 is 5.97 Å². The molecule has 0 aliphatic rings. The van der Waals surface area contributed by atoms with Crippen LogP contribution in [0.15, 0.2) is 24.3 Å². The number of thiol groups is 1. The van der Waals surface area contributed by atoms with Crippen LogP contribution >= 0.6 is 12.6 Å². The van der Waals surface area contributed by atoms with Gasteiger partial charge in [-0.3, -0.25) is 0 Å². The summed E-state index contributed by atoms with van der Waals surface area (Å²) in [5.74, 6) is -0.249. The van der Waals surface area contributed by atoms with Crippen LogP contribution < -0.4 is 0 Å². The molecule has 0 aliphatic carbocycles. The maximum Gasteiger partial charge on any atom is 0.337 e. The number of carbonyl (C=O) groups excluding carboxylic acids is 1. The maximum atomic E-state index is 13.5. The summed E-state index contributed by atoms with van der Waals surface area (Å²) in [6.45, 7) is 0. The summed E-state index contributed by atoms with van der Waals surface area (Å²) in [6.07, 6.45) is 4.29. The van der Waals surface area contributed by atoms with Crippen LogP contribution in [0, 0.1) is 5.82 Å². The smallest absolute Gasteiger partial charge is 0.337 e. The zero-order chi connectivity index (χ0) is 12.0. The van der Waals surface area contributed by atoms with Crippen LogP contribution in [0.25, 0.3) is 6.08 Å². The minimum absolute atomic E-state index is 0.214. The lowest BCUT2D eigenvalue weighted by Crippen LogP contribution is -2.01. The third kappa shape index (κ3) is 3.38. The fourth-order valence-electron chi connectivity index (χ4n) is 1.19. The van der Waals surface area contributed by atoms with Gasteiger partial charge in [0.1, 0.15) is 5.82 Å². The monoisotopic (exact) mass is 240 g/mol. The minimum Gasteiger partial charge on any atom is -0.465 e. The maximum absolute atomic E-state index is 13.5. The van der Waals surface area contributed by atoms with Crippen molar-refractivity contribution in [3.8, 4) is 0 Å². The van der Waals surface area contributed by atoms with E-state index in [-0.39, 0.29) is 5.56 Å². The van der Waals surface area contributed by atoms with Gasteiger partial charge in [0.2, 0.25) is 0 Å². The molecule has 0 fully saturated rings. The van der Waals surface area contributed by atoms with Crippen molar-refractivity contribution in [3.05, 3.63) is 41.2 Å². The summed E-state index contributed by atoms with van der Waals surface area (Å²) in [5.41, 5.74) is 0.667. The van der Waals surface area contributed by atoms with E-state index >= 15 is 0 Å². The topological polar surface area (TPSA) is 26.3 Å². The summed E-state index contributed by atoms with van der Waals surface area (Å²) >= 11 is 4.04. The molecular formula is C12H13FO2S. The molecule has 0 spiro atoms. The highest BCUT2D eigenvalue weighted by atomic mass is 32.1. The number of hydrogen-bond donors (Lipinski definition) is 1. The van der Waals surface area contributed by atoms with Crippen molar-refractivity contribution >= 4 is 24.7 Å². The van der Waals surface area contributed by atoms with Gasteiger partial charge in [0.05, 0.1) is 12.7 Å². The Morgan fingerprint density at radius 2 is 2.31 bits per heavy atom. The van der Waals surface area contributed by atoms with Crippen LogP contribution in [0.3, 0.4) is 0 Å². The summed E-state index contributed by atoms with van der Waals surface area (Å²) < 4.78 is 18.0. The quantitative estimate of drug-likeness (QED) is 0.647. The number of halogens is 1. The molecule has 2 nitrogen and oxygen atoms in total. The molecule has 0 aromatic heterocycles. The fraction of sp³-hybridized carbons (Fsp3) is 0.250. The summed E-state index contributed by atoms with van der Waals surface area (Å²) in [4.78, 5) is 11.1. The molecule has 0 unspecified atom stereocenters. The van der Waals surface area contributed by atoms with Crippen LogP contribution in [-0.2, 0) is 4.74 Å². The van der Waals surface area contributed by atoms with Crippen LogP contribution in [-0.4, -0.2) is 18.8 Å². The first-order valence-corrected chi connectivity index (χ1v) is 5.47. The van der Waals surface area contributed by atoms with E-state index in [4.69, 9.17) is 0 Å². The number of methoxy groups -OCH3 is 1. The van der Waals surface area contributed by atoms with Gasteiger partial charge < -0.3 is 4.74 Å². The van der Waals surface area contributed by atoms with Crippen molar-refractivity contribution in [3.63, 3.8) is 0 Å². The van der Waals surface area contributed by atoms with Gasteiger partial charge in [0, 0.05) is 5.56 Å². The number of benzene rings is 1. The van der Waals surface area contributed by atoms with Crippen molar-refractivity contribution in [2.24, 2.45) is 0 Å². The van der Waals surface area contributed by atoms with Crippen LogP contribution in [0.2, 0.25) is 0 Å². The molecule has 16 heavy (non-hydrogen) atoms. The van der Waals surface area contributed by atoms with Gasteiger partial charge in [-0.15, -0.1) is 0 Å². The molecule has 0 aliphatic heterocycles. The second kappa shape index (κ2) is 6.33. The van der Waals surface area contributed by atoms with Crippen molar-refractivity contribution in [1.82, 2.24) is 0 Å². The van der Waals surface area contributed by atoms with E-state index in [0.29, 0.717) is 5.56 Å². The van der Waals surface area contributed by atoms with E-state index in [1.54, 1.807) is 12.1 Å². The Hall–Kier alpha value is -1.29. The van der Waals surface area contributed by atoms with Gasteiger partial charge in [0.25, 0.3) is 0 Å². The first kappa shape index (κ1) is 12.8. The SMILES string of the molecule is COC(=O)c1ccc(C=CCCS)c(F)c1. The average Bonchev–Trinajstić information content (AvgIpc) is 2.30. The third-order valence-electron chi connectivity index (χ3n) is 2.01. The largest absolute Gasteiger partial charge is 0.465 e. The van der Waals surface area contributed by atoms with Crippen LogP contribution in [0.4, 0.5) is 4.39 Å². The van der Waals surface area contributed by atoms with Crippen LogP contribution in [0.1, 0.15) is 22.3 Å². The molecule has 4 heteroatoms. The minimum atomic E-state index is -0.537. The Bertz CT molecular complexity index is 402. The van der Waals surface area contributed by atoms with Crippen molar-refractivity contribution in [1.29, 1.82) is 0 Å². The Morgan fingerprint density at radius 3 is 2.88 bits per heavy atom. The van der Waals surface area contributed by atoms with Gasteiger partial charge in [-0.25, -0.2) is 9.18 Å². The van der Waals surface area contributed by atoms with Gasteiger partial charge in [-0.1, -0.05) is 18.2 Å². The predicted molar refractivity (Wildman–Crippen MR) is 65.2 cm³/mol. The molecule has 86 valence electrons. The Labute approximate surface area is 99.5 Å². The number of rotatable bonds is 4. The molecule has 0 bridgehead atoms. The molecule has 1 rings (SSSR count). The molecule has 1 aromatic carbocycles. The summed E-state index contributed by atoms with van der Waals surface area (Å²) in [7, 11) is 1.26. The fourth-order valence-corrected chi connectivity index (χ4v) is 1.34. The number of carbonyl (C=O) groups is 1. The highest BCUT2D eigenvalue weighted by Gasteiger charge is 2.07. The third-order valence-corrected chi connectivity index (χ3v) is 2.27. The molecule has 0 atom stereocenters. The molecule has 1 aromatic rings. The van der Waals surface area contributed by atoms with E-state index < -0.39 is 11.8 Å². The zero-order valence-electron chi connectivity index (χ0n) is 8.94. The predicted octanol–water partition coefficient (Wildman–Crippen LogP) is 2.95. The van der Waals surface area contributed by atoms with Gasteiger partial charge in [-0.05, 0) is 24.3 Å². The van der Waals surface area contributed by atoms with Gasteiger partial charge in [0.15, 0.2) is 0 Å². The molecule has 0 N–H and O–H groups in total. The number of esters is 1. The lowest BCUT2D eigenvalue weighted by molar-refractivity contribution is 0.0600. The van der Waals surface area contributed by atoms with E-state index in [0.717, 1.165) is 12.2 Å². The van der Waals surface area contributed by atoms with E-state index in [1.807, 2.05) is 6.08 Å². The molecule has 0 amide bonds. The summed E-state index contributed by atoms with van der Waals surface area (Å²) in [5, 5.41) is 0. The van der Waals surface area contributed by atoms with E-state index in [1.165, 1.54) is 19.2 Å². The van der Waals surface area contributed by atoms with Crippen molar-refractivity contribution < 1.29 is 13.9 Å². The molecule has 0 saturated carbocycles. The highest BCUT2D eigenvalue weighted by Crippen LogP contribution is 2.13. The number of ether oxygens (including phenoxy) is 1. The second-order valence-electron chi connectivity index (χ2n) is 3.14. The highest BCUT2D eigenvalue weighted by molar-refractivity contribution is 7.80. The first-order valence-electron chi connectivity index (χ1n) is 4.84.